The third-order valence-electron chi connectivity index (χ3n) is 11.3. The second-order valence-corrected chi connectivity index (χ2v) is 14.9. The summed E-state index contributed by atoms with van der Waals surface area (Å²) >= 11 is 0. The lowest BCUT2D eigenvalue weighted by molar-refractivity contribution is -0.137. The Hall–Kier alpha value is -7.36. The smallest absolute Gasteiger partial charge is 0.319 e. The lowest BCUT2D eigenvalue weighted by Crippen LogP contribution is -2.09. The molecule has 58 heavy (non-hydrogen) atoms. The standard InChI is InChI=1S/C52H34F3N3/c1-32-12-10-14-34(28-32)36-22-25-47-42(30-36)39-17-5-8-20-45(39)57(47)49-27-24-41(38-16-4-7-19-44(38)52(53,54)55)51(50(49)56-3)58-46-21-9-6-18-40(46)43-31-37(23-26-48(43)58)35-15-11-13-33(2)29-35/h4-31H,1-2H3. The molecule has 3 nitrogen and oxygen atoms in total. The summed E-state index contributed by atoms with van der Waals surface area (Å²) in [7, 11) is 0. The number of hydrogen-bond acceptors (Lipinski definition) is 0. The van der Waals surface area contributed by atoms with Gasteiger partial charge in [0.25, 0.3) is 0 Å². The van der Waals surface area contributed by atoms with Crippen molar-refractivity contribution < 1.29 is 13.2 Å². The van der Waals surface area contributed by atoms with Gasteiger partial charge in [-0.05, 0) is 95.8 Å². The van der Waals surface area contributed by atoms with E-state index in [1.54, 1.807) is 12.1 Å². The predicted octanol–water partition coefficient (Wildman–Crippen LogP) is 15.1. The molecule has 0 aliphatic carbocycles. The van der Waals surface area contributed by atoms with E-state index in [1.807, 2.05) is 65.2 Å². The van der Waals surface area contributed by atoms with Gasteiger partial charge in [-0.1, -0.05) is 132 Å². The fraction of sp³-hybridized carbons (Fsp3) is 0.0577. The molecule has 0 bridgehead atoms. The predicted molar refractivity (Wildman–Crippen MR) is 232 cm³/mol. The first-order valence-electron chi connectivity index (χ1n) is 19.1. The van der Waals surface area contributed by atoms with Crippen molar-refractivity contribution in [3.05, 3.63) is 198 Å². The van der Waals surface area contributed by atoms with E-state index in [4.69, 9.17) is 6.57 Å². The van der Waals surface area contributed by atoms with Crippen molar-refractivity contribution in [2.45, 2.75) is 20.0 Å². The first-order valence-corrected chi connectivity index (χ1v) is 19.1. The molecular formula is C52H34F3N3. The minimum absolute atomic E-state index is 0.00813. The Morgan fingerprint density at radius 2 is 0.948 bits per heavy atom. The second kappa shape index (κ2) is 13.4. The normalized spacial score (nSPS) is 11.9. The van der Waals surface area contributed by atoms with Crippen LogP contribution in [0.2, 0.25) is 0 Å². The number of hydrogen-bond donors (Lipinski definition) is 0. The SMILES string of the molecule is [C-]#[N+]c1c(-n2c3ccccc3c3cc(-c4cccc(C)c4)ccc32)ccc(-c2ccccc2C(F)(F)F)c1-n1c2ccccc2c2cc(-c3cccc(C)c3)ccc21. The van der Waals surface area contributed by atoms with E-state index in [9.17, 15) is 13.2 Å². The van der Waals surface area contributed by atoms with Crippen molar-refractivity contribution >= 4 is 49.3 Å². The minimum Gasteiger partial charge on any atom is -0.319 e. The van der Waals surface area contributed by atoms with Crippen LogP contribution in [0.3, 0.4) is 0 Å². The van der Waals surface area contributed by atoms with E-state index in [0.29, 0.717) is 16.9 Å². The van der Waals surface area contributed by atoms with Gasteiger partial charge in [0.2, 0.25) is 5.69 Å². The summed E-state index contributed by atoms with van der Waals surface area (Å²) < 4.78 is 48.7. The largest absolute Gasteiger partial charge is 0.417 e. The molecule has 0 radical (unpaired) electrons. The summed E-state index contributed by atoms with van der Waals surface area (Å²) in [5.74, 6) is 0. The number of benzene rings is 8. The van der Waals surface area contributed by atoms with Crippen LogP contribution in [0.4, 0.5) is 18.9 Å². The van der Waals surface area contributed by atoms with E-state index in [-0.39, 0.29) is 11.3 Å². The maximum atomic E-state index is 14.9. The molecule has 0 atom stereocenters. The number of alkyl halides is 3. The zero-order chi connectivity index (χ0) is 39.7. The minimum atomic E-state index is -4.63. The summed E-state index contributed by atoms with van der Waals surface area (Å²) in [6.07, 6.45) is -4.63. The zero-order valence-corrected chi connectivity index (χ0v) is 31.6. The van der Waals surface area contributed by atoms with Crippen LogP contribution in [0.1, 0.15) is 16.7 Å². The van der Waals surface area contributed by atoms with Crippen molar-refractivity contribution in [1.82, 2.24) is 9.13 Å². The number of nitrogens with zero attached hydrogens (tertiary/aromatic N) is 3. The average Bonchev–Trinajstić information content (AvgIpc) is 3.74. The molecular weight excluding hydrogens is 724 g/mol. The third kappa shape index (κ3) is 5.58. The topological polar surface area (TPSA) is 14.2 Å². The molecule has 6 heteroatoms. The van der Waals surface area contributed by atoms with E-state index in [1.165, 1.54) is 12.1 Å². The summed E-state index contributed by atoms with van der Waals surface area (Å²) in [5.41, 5.74) is 10.7. The number of fused-ring (bicyclic) bond motifs is 6. The molecule has 2 aromatic heterocycles. The Labute approximate surface area is 333 Å². The first kappa shape index (κ1) is 35.1. The average molecular weight is 758 g/mol. The van der Waals surface area contributed by atoms with Crippen molar-refractivity contribution in [2.75, 3.05) is 0 Å². The van der Waals surface area contributed by atoms with Crippen LogP contribution in [0.5, 0.6) is 0 Å². The van der Waals surface area contributed by atoms with Gasteiger partial charge in [0.15, 0.2) is 0 Å². The van der Waals surface area contributed by atoms with Crippen LogP contribution < -0.4 is 0 Å². The van der Waals surface area contributed by atoms with Crippen LogP contribution in [0, 0.1) is 20.4 Å². The molecule has 8 aromatic carbocycles. The molecule has 0 aliphatic heterocycles. The van der Waals surface area contributed by atoms with E-state index in [0.717, 1.165) is 83.1 Å². The van der Waals surface area contributed by atoms with Gasteiger partial charge < -0.3 is 9.13 Å². The number of rotatable bonds is 5. The molecule has 0 aliphatic rings. The van der Waals surface area contributed by atoms with Crippen LogP contribution in [-0.4, -0.2) is 9.13 Å². The van der Waals surface area contributed by atoms with Crippen LogP contribution >= 0.6 is 0 Å². The van der Waals surface area contributed by atoms with Gasteiger partial charge in [-0.25, -0.2) is 4.85 Å². The lowest BCUT2D eigenvalue weighted by Gasteiger charge is -2.22. The highest BCUT2D eigenvalue weighted by atomic mass is 19.4. The zero-order valence-electron chi connectivity index (χ0n) is 31.6. The Morgan fingerprint density at radius 1 is 0.448 bits per heavy atom. The molecule has 278 valence electrons. The van der Waals surface area contributed by atoms with Crippen molar-refractivity contribution in [1.29, 1.82) is 0 Å². The van der Waals surface area contributed by atoms with Gasteiger partial charge in [-0.15, -0.1) is 0 Å². The highest BCUT2D eigenvalue weighted by Crippen LogP contribution is 2.48. The summed E-state index contributed by atoms with van der Waals surface area (Å²) in [6, 6.07) is 54.6. The molecule has 10 aromatic rings. The molecule has 0 N–H and O–H groups in total. The van der Waals surface area contributed by atoms with Gasteiger partial charge >= 0.3 is 6.18 Å². The monoisotopic (exact) mass is 757 g/mol. The maximum Gasteiger partial charge on any atom is 0.417 e. The molecule has 10 rings (SSSR count). The number of para-hydroxylation sites is 2. The van der Waals surface area contributed by atoms with Gasteiger partial charge in [-0.3, -0.25) is 0 Å². The molecule has 0 saturated carbocycles. The Bertz CT molecular complexity index is 3320. The molecule has 0 fully saturated rings. The number of aryl methyl sites for hydroxylation is 2. The van der Waals surface area contributed by atoms with Gasteiger partial charge in [0.1, 0.15) is 0 Å². The van der Waals surface area contributed by atoms with Gasteiger partial charge in [0.05, 0.1) is 45.6 Å². The molecule has 0 unspecified atom stereocenters. The summed E-state index contributed by atoms with van der Waals surface area (Å²) in [5, 5.41) is 3.89. The molecule has 0 amide bonds. The fourth-order valence-corrected chi connectivity index (χ4v) is 8.72. The van der Waals surface area contributed by atoms with Crippen molar-refractivity contribution in [2.24, 2.45) is 0 Å². The highest BCUT2D eigenvalue weighted by molar-refractivity contribution is 6.14. The first-order chi connectivity index (χ1) is 28.2. The summed E-state index contributed by atoms with van der Waals surface area (Å²) in [6.45, 7) is 13.0. The number of halogens is 3. The lowest BCUT2D eigenvalue weighted by atomic mass is 9.95. The van der Waals surface area contributed by atoms with Crippen LogP contribution in [0.25, 0.3) is 93.2 Å². The number of aromatic nitrogens is 2. The molecule has 2 heterocycles. The quantitative estimate of drug-likeness (QED) is 0.155. The highest BCUT2D eigenvalue weighted by Gasteiger charge is 2.35. The van der Waals surface area contributed by atoms with Crippen LogP contribution in [0.15, 0.2) is 170 Å². The van der Waals surface area contributed by atoms with Crippen molar-refractivity contribution in [3.63, 3.8) is 0 Å². The molecule has 0 saturated heterocycles. The maximum absolute atomic E-state index is 14.9. The Morgan fingerprint density at radius 3 is 1.52 bits per heavy atom. The van der Waals surface area contributed by atoms with E-state index in [2.05, 4.69) is 102 Å². The van der Waals surface area contributed by atoms with E-state index >= 15 is 0 Å². The van der Waals surface area contributed by atoms with Crippen molar-refractivity contribution in [3.8, 4) is 44.8 Å². The van der Waals surface area contributed by atoms with Gasteiger partial charge in [-0.2, -0.15) is 13.2 Å². The fourth-order valence-electron chi connectivity index (χ4n) is 8.72. The Balaban J connectivity index is 1.32. The third-order valence-corrected chi connectivity index (χ3v) is 11.3. The summed E-state index contributed by atoms with van der Waals surface area (Å²) in [4.78, 5) is 4.26. The molecule has 0 spiro atoms. The van der Waals surface area contributed by atoms with Gasteiger partial charge in [0, 0.05) is 21.5 Å². The Kier molecular flexibility index (Phi) is 8.10. The van der Waals surface area contributed by atoms with E-state index < -0.39 is 11.7 Å². The second-order valence-electron chi connectivity index (χ2n) is 14.9. The van der Waals surface area contributed by atoms with Crippen LogP contribution in [-0.2, 0) is 6.18 Å².